The minimum atomic E-state index is -2.96. The summed E-state index contributed by atoms with van der Waals surface area (Å²) in [7, 11) is -1.83. The van der Waals surface area contributed by atoms with Gasteiger partial charge in [-0.05, 0) is 0 Å². The molecular weight excluding hydrogens is 639 g/mol. The molecule has 38 heavy (non-hydrogen) atoms. The predicted octanol–water partition coefficient (Wildman–Crippen LogP) is 10.3. The van der Waals surface area contributed by atoms with Gasteiger partial charge in [-0.1, -0.05) is 0 Å². The third-order valence-corrected chi connectivity index (χ3v) is 30.9. The molecule has 0 saturated carbocycles. The van der Waals surface area contributed by atoms with Crippen molar-refractivity contribution in [3.8, 4) is 22.3 Å². The Morgan fingerprint density at radius 1 is 0.526 bits per heavy atom. The van der Waals surface area contributed by atoms with E-state index in [9.17, 15) is 0 Å². The number of aryl methyl sites for hydroxylation is 2. The molecule has 4 aromatic rings. The predicted molar refractivity (Wildman–Crippen MR) is 164 cm³/mol. The molecule has 2 heteroatoms. The van der Waals surface area contributed by atoms with Crippen LogP contribution in [0.15, 0.2) is 95.3 Å². The molecule has 2 atom stereocenters. The van der Waals surface area contributed by atoms with Gasteiger partial charge in [0.2, 0.25) is 0 Å². The Labute approximate surface area is 233 Å². The first kappa shape index (κ1) is 24.5. The van der Waals surface area contributed by atoms with Crippen molar-refractivity contribution in [1.82, 2.24) is 0 Å². The monoisotopic (exact) mass is 676 g/mol. The van der Waals surface area contributed by atoms with Crippen LogP contribution in [-0.4, -0.2) is 8.07 Å². The van der Waals surface area contributed by atoms with Crippen LogP contribution in [0.5, 0.6) is 0 Å². The summed E-state index contributed by atoms with van der Waals surface area (Å²) < 4.78 is 6.88. The summed E-state index contributed by atoms with van der Waals surface area (Å²) in [6, 6.07) is 32.2. The van der Waals surface area contributed by atoms with Crippen LogP contribution in [0.1, 0.15) is 40.7 Å². The Bertz CT molecular complexity index is 1580. The van der Waals surface area contributed by atoms with E-state index >= 15 is 0 Å². The molecule has 0 aromatic heterocycles. The van der Waals surface area contributed by atoms with Gasteiger partial charge in [0.25, 0.3) is 0 Å². The number of hydrogen-bond acceptors (Lipinski definition) is 0. The Kier molecular flexibility index (Phi) is 5.46. The van der Waals surface area contributed by atoms with Gasteiger partial charge in [-0.15, -0.1) is 0 Å². The normalized spacial score (nSPS) is 21.6. The van der Waals surface area contributed by atoms with Gasteiger partial charge in [-0.2, -0.15) is 0 Å². The maximum absolute atomic E-state index is 2.96. The first-order chi connectivity index (χ1) is 18.2. The first-order valence-electron chi connectivity index (χ1n) is 14.0. The topological polar surface area (TPSA) is 0 Å². The van der Waals surface area contributed by atoms with Crippen LogP contribution in [0, 0.1) is 13.8 Å². The molecule has 0 nitrogen and oxygen atoms in total. The van der Waals surface area contributed by atoms with E-state index in [4.69, 9.17) is 0 Å². The molecule has 1 fully saturated rings. The van der Waals surface area contributed by atoms with E-state index in [1.165, 1.54) is 44.5 Å². The van der Waals surface area contributed by atoms with Crippen LogP contribution in [0.25, 0.3) is 34.4 Å². The van der Waals surface area contributed by atoms with Crippen LogP contribution in [0.2, 0.25) is 22.5 Å². The number of fused-ring (bicyclic) bond motifs is 6. The number of rotatable bonds is 2. The van der Waals surface area contributed by atoms with Crippen molar-refractivity contribution in [3.05, 3.63) is 129 Å². The Morgan fingerprint density at radius 2 is 0.921 bits per heavy atom. The van der Waals surface area contributed by atoms with E-state index in [0.29, 0.717) is 7.35 Å². The SMILES string of the molecule is Cc1ccccc1-c1cccc2c1C=C1[CH]2[Hf]([CH3])([CH3])[CH]2C(=Cc3c(-c4ccccc4C)cccc32)[Si]1(C)C. The summed E-state index contributed by atoms with van der Waals surface area (Å²) in [6.07, 6.45) is 5.36. The average Bonchev–Trinajstić information content (AvgIpc) is 3.50. The first-order valence-corrected chi connectivity index (χ1v) is 28.4. The number of hydrogen-bond donors (Lipinski definition) is 0. The summed E-state index contributed by atoms with van der Waals surface area (Å²) in [5.41, 5.74) is 14.7. The fourth-order valence-corrected chi connectivity index (χ4v) is 40.1. The minimum absolute atomic E-state index is 0.679. The average molecular weight is 675 g/mol. The van der Waals surface area contributed by atoms with Crippen molar-refractivity contribution >= 4 is 20.2 Å². The van der Waals surface area contributed by atoms with Crippen molar-refractivity contribution < 1.29 is 20.0 Å². The Morgan fingerprint density at radius 3 is 1.34 bits per heavy atom. The van der Waals surface area contributed by atoms with Gasteiger partial charge in [0.1, 0.15) is 0 Å². The van der Waals surface area contributed by atoms with Gasteiger partial charge < -0.3 is 0 Å². The molecule has 188 valence electrons. The third-order valence-electron chi connectivity index (χ3n) is 9.93. The molecule has 0 spiro atoms. The molecule has 0 radical (unpaired) electrons. The van der Waals surface area contributed by atoms with Crippen LogP contribution >= 0.6 is 0 Å². The van der Waals surface area contributed by atoms with Gasteiger partial charge in [0.05, 0.1) is 0 Å². The van der Waals surface area contributed by atoms with Gasteiger partial charge in [0, 0.05) is 0 Å². The zero-order valence-corrected chi connectivity index (χ0v) is 28.0. The zero-order valence-electron chi connectivity index (χ0n) is 23.4. The van der Waals surface area contributed by atoms with Gasteiger partial charge in [-0.25, -0.2) is 0 Å². The second-order valence-electron chi connectivity index (χ2n) is 12.8. The van der Waals surface area contributed by atoms with Crippen molar-refractivity contribution in [3.63, 3.8) is 0 Å². The second kappa shape index (κ2) is 8.47. The maximum atomic E-state index is 2.76. The molecule has 2 unspecified atom stereocenters. The Hall–Kier alpha value is -2.55. The molecule has 0 N–H and O–H groups in total. The summed E-state index contributed by atoms with van der Waals surface area (Å²) >= 11 is -2.96. The van der Waals surface area contributed by atoms with Crippen molar-refractivity contribution in [1.29, 1.82) is 0 Å². The van der Waals surface area contributed by atoms with Crippen LogP contribution < -0.4 is 0 Å². The molecule has 2 aliphatic carbocycles. The number of benzene rings is 4. The van der Waals surface area contributed by atoms with E-state index < -0.39 is 28.0 Å². The zero-order chi connectivity index (χ0) is 26.4. The molecule has 4 aromatic carbocycles. The van der Waals surface area contributed by atoms with Crippen LogP contribution in [-0.2, 0) is 20.0 Å². The fourth-order valence-electron chi connectivity index (χ4n) is 8.04. The van der Waals surface area contributed by atoms with Crippen molar-refractivity contribution in [2.45, 2.75) is 43.7 Å². The summed E-state index contributed by atoms with van der Waals surface area (Å²) in [5.74, 6) is 0. The van der Waals surface area contributed by atoms with Crippen LogP contribution in [0.4, 0.5) is 0 Å². The molecular formula is C36H36HfSi. The third kappa shape index (κ3) is 3.29. The van der Waals surface area contributed by atoms with Gasteiger partial charge in [-0.3, -0.25) is 0 Å². The summed E-state index contributed by atoms with van der Waals surface area (Å²) in [6.45, 7) is 9.80. The molecule has 3 aliphatic rings. The quantitative estimate of drug-likeness (QED) is 0.186. The summed E-state index contributed by atoms with van der Waals surface area (Å²) in [4.78, 5) is 0. The van der Waals surface area contributed by atoms with E-state index in [1.54, 1.807) is 11.1 Å². The standard InChI is InChI=1S/C34H30Si.2CH3.Hf/c1-23-11-5-7-15-29(23)31-17-9-13-25-19-27(21-33(25)31)35(3,4)28-20-26-14-10-18-32(34(26)22-28)30-16-8-6-12-24(30)2;;;/h5-22H,1-4H3;2*1H3;. The molecule has 1 saturated heterocycles. The van der Waals surface area contributed by atoms with Crippen LogP contribution in [0.3, 0.4) is 0 Å². The fraction of sp³-hybridized carbons (Fsp3) is 0.222. The molecule has 0 amide bonds. The van der Waals surface area contributed by atoms with Gasteiger partial charge >= 0.3 is 235 Å². The molecule has 0 bridgehead atoms. The second-order valence-corrected chi connectivity index (χ2v) is 34.4. The van der Waals surface area contributed by atoms with Crippen molar-refractivity contribution in [2.24, 2.45) is 0 Å². The molecule has 1 heterocycles. The Balaban J connectivity index is 1.45. The van der Waals surface area contributed by atoms with Gasteiger partial charge in [0.15, 0.2) is 0 Å². The molecule has 7 rings (SSSR count). The summed E-state index contributed by atoms with van der Waals surface area (Å²) in [5, 5.41) is 3.63. The number of allylic oxidation sites excluding steroid dienone is 2. The van der Waals surface area contributed by atoms with E-state index in [1.807, 2.05) is 10.4 Å². The van der Waals surface area contributed by atoms with E-state index in [2.05, 4.69) is 133 Å². The van der Waals surface area contributed by atoms with Crippen molar-refractivity contribution in [2.75, 3.05) is 0 Å². The molecule has 1 aliphatic heterocycles. The van der Waals surface area contributed by atoms with E-state index in [0.717, 1.165) is 0 Å². The van der Waals surface area contributed by atoms with E-state index in [-0.39, 0.29) is 0 Å².